The summed E-state index contributed by atoms with van der Waals surface area (Å²) in [6, 6.07) is 4.04. The normalized spacial score (nSPS) is 17.2. The molecule has 0 saturated carbocycles. The van der Waals surface area contributed by atoms with Crippen LogP contribution in [0.15, 0.2) is 23.1 Å². The van der Waals surface area contributed by atoms with E-state index < -0.39 is 16.0 Å². The predicted molar refractivity (Wildman–Crippen MR) is 67.5 cm³/mol. The largest absolute Gasteiger partial charge is 0.478 e. The highest BCUT2D eigenvalue weighted by Gasteiger charge is 2.37. The molecule has 7 heteroatoms. The summed E-state index contributed by atoms with van der Waals surface area (Å²) in [7, 11) is -3.67. The number of carboxylic acids is 1. The van der Waals surface area contributed by atoms with Crippen molar-refractivity contribution in [3.8, 4) is 0 Å². The van der Waals surface area contributed by atoms with Crippen LogP contribution >= 0.6 is 0 Å². The molecule has 0 aliphatic carbocycles. The van der Waals surface area contributed by atoms with Gasteiger partial charge in [0.2, 0.25) is 10.0 Å². The molecule has 1 heterocycles. The van der Waals surface area contributed by atoms with E-state index in [0.717, 1.165) is 0 Å². The molecule has 2 rings (SSSR count). The van der Waals surface area contributed by atoms with Crippen molar-refractivity contribution in [1.29, 1.82) is 0 Å². The summed E-state index contributed by atoms with van der Waals surface area (Å²) in [4.78, 5) is 10.9. The lowest BCUT2D eigenvalue weighted by Crippen LogP contribution is -2.51. The summed E-state index contributed by atoms with van der Waals surface area (Å²) in [6.07, 6.45) is 0. The Hall–Kier alpha value is -1.44. The zero-order valence-electron chi connectivity index (χ0n) is 10.4. The number of aromatic carboxylic acids is 1. The molecule has 1 fully saturated rings. The van der Waals surface area contributed by atoms with Crippen molar-refractivity contribution in [2.45, 2.75) is 11.8 Å². The third kappa shape index (κ3) is 2.49. The van der Waals surface area contributed by atoms with Gasteiger partial charge in [-0.05, 0) is 24.6 Å². The molecule has 6 nitrogen and oxygen atoms in total. The fourth-order valence-corrected chi connectivity index (χ4v) is 3.83. The number of benzene rings is 1. The molecule has 0 bridgehead atoms. The Labute approximate surface area is 111 Å². The first-order valence-corrected chi connectivity index (χ1v) is 7.25. The zero-order chi connectivity index (χ0) is 14.2. The van der Waals surface area contributed by atoms with Gasteiger partial charge in [0, 0.05) is 25.6 Å². The van der Waals surface area contributed by atoms with E-state index in [1.54, 1.807) is 6.92 Å². The van der Waals surface area contributed by atoms with Gasteiger partial charge >= 0.3 is 5.97 Å². The number of hydrogen-bond acceptors (Lipinski definition) is 4. The fraction of sp³-hybridized carbons (Fsp3) is 0.417. The predicted octanol–water partition coefficient (Wildman–Crippen LogP) is 0.306. The van der Waals surface area contributed by atoms with Crippen LogP contribution in [0.3, 0.4) is 0 Å². The Bertz CT molecular complexity index is 605. The minimum Gasteiger partial charge on any atom is -0.478 e. The van der Waals surface area contributed by atoms with Gasteiger partial charge in [-0.3, -0.25) is 0 Å². The number of rotatable bonds is 4. The van der Waals surface area contributed by atoms with Gasteiger partial charge in [0.15, 0.2) is 0 Å². The summed E-state index contributed by atoms with van der Waals surface area (Å²) in [5.74, 6) is -1.19. The maximum atomic E-state index is 12.3. The molecular formula is C12H15NO5S. The molecule has 0 unspecified atom stereocenters. The lowest BCUT2D eigenvalue weighted by molar-refractivity contribution is 0.0696. The quantitative estimate of drug-likeness (QED) is 0.830. The van der Waals surface area contributed by atoms with Crippen molar-refractivity contribution in [2.75, 3.05) is 19.7 Å². The molecule has 0 amide bonds. The van der Waals surface area contributed by atoms with E-state index >= 15 is 0 Å². The highest BCUT2D eigenvalue weighted by molar-refractivity contribution is 7.89. The van der Waals surface area contributed by atoms with Crippen molar-refractivity contribution < 1.29 is 23.4 Å². The second-order valence-electron chi connectivity index (χ2n) is 4.66. The van der Waals surface area contributed by atoms with Crippen LogP contribution in [0.25, 0.3) is 0 Å². The molecule has 1 saturated heterocycles. The van der Waals surface area contributed by atoms with Crippen LogP contribution in [0.1, 0.15) is 15.9 Å². The van der Waals surface area contributed by atoms with Gasteiger partial charge in [0.05, 0.1) is 10.5 Å². The first-order chi connectivity index (χ1) is 8.86. The SMILES string of the molecule is Cc1ccc(C(=O)O)cc1S(=O)(=O)N1CC(CO)C1. The van der Waals surface area contributed by atoms with Crippen LogP contribution in [-0.4, -0.2) is 48.6 Å². The van der Waals surface area contributed by atoms with Crippen molar-refractivity contribution >= 4 is 16.0 Å². The number of carboxylic acid groups (broad SMARTS) is 1. The van der Waals surface area contributed by atoms with Crippen LogP contribution in [0, 0.1) is 12.8 Å². The number of carbonyl (C=O) groups is 1. The lowest BCUT2D eigenvalue weighted by atomic mass is 10.1. The van der Waals surface area contributed by atoms with Crippen LogP contribution < -0.4 is 0 Å². The third-order valence-electron chi connectivity index (χ3n) is 3.23. The summed E-state index contributed by atoms with van der Waals surface area (Å²) < 4.78 is 25.9. The number of aryl methyl sites for hydroxylation is 1. The molecule has 0 atom stereocenters. The van der Waals surface area contributed by atoms with Gasteiger partial charge in [-0.1, -0.05) is 6.07 Å². The standard InChI is InChI=1S/C12H15NO5S/c1-8-2-3-10(12(15)16)4-11(8)19(17,18)13-5-9(6-13)7-14/h2-4,9,14H,5-7H2,1H3,(H,15,16). The lowest BCUT2D eigenvalue weighted by Gasteiger charge is -2.37. The van der Waals surface area contributed by atoms with Gasteiger partial charge in [0.25, 0.3) is 0 Å². The van der Waals surface area contributed by atoms with Gasteiger partial charge in [-0.2, -0.15) is 4.31 Å². The molecule has 104 valence electrons. The Balaban J connectivity index is 2.35. The average Bonchev–Trinajstić information content (AvgIpc) is 2.27. The number of hydrogen-bond donors (Lipinski definition) is 2. The van der Waals surface area contributed by atoms with Gasteiger partial charge in [-0.25, -0.2) is 13.2 Å². The van der Waals surface area contributed by atoms with E-state index in [0.29, 0.717) is 5.56 Å². The van der Waals surface area contributed by atoms with Crippen molar-refractivity contribution in [1.82, 2.24) is 4.31 Å². The molecule has 19 heavy (non-hydrogen) atoms. The zero-order valence-corrected chi connectivity index (χ0v) is 11.2. The van der Waals surface area contributed by atoms with E-state index in [4.69, 9.17) is 10.2 Å². The molecule has 2 N–H and O–H groups in total. The van der Waals surface area contributed by atoms with Crippen molar-refractivity contribution in [3.63, 3.8) is 0 Å². The van der Waals surface area contributed by atoms with Crippen molar-refractivity contribution in [3.05, 3.63) is 29.3 Å². The molecule has 0 aromatic heterocycles. The van der Waals surface area contributed by atoms with E-state index in [2.05, 4.69) is 0 Å². The Morgan fingerprint density at radius 1 is 1.42 bits per heavy atom. The number of aliphatic hydroxyl groups excluding tert-OH is 1. The molecule has 0 radical (unpaired) electrons. The maximum absolute atomic E-state index is 12.3. The molecule has 1 aliphatic heterocycles. The second kappa shape index (κ2) is 4.92. The minimum absolute atomic E-state index is 0.0174. The maximum Gasteiger partial charge on any atom is 0.335 e. The minimum atomic E-state index is -3.67. The monoisotopic (exact) mass is 285 g/mol. The van der Waals surface area contributed by atoms with E-state index in [1.807, 2.05) is 0 Å². The summed E-state index contributed by atoms with van der Waals surface area (Å²) in [6.45, 7) is 2.13. The molecule has 1 aromatic carbocycles. The van der Waals surface area contributed by atoms with Gasteiger partial charge in [0.1, 0.15) is 0 Å². The van der Waals surface area contributed by atoms with Crippen LogP contribution in [0.4, 0.5) is 0 Å². The average molecular weight is 285 g/mol. The first kappa shape index (κ1) is 14.0. The van der Waals surface area contributed by atoms with Gasteiger partial charge in [-0.15, -0.1) is 0 Å². The van der Waals surface area contributed by atoms with E-state index in [9.17, 15) is 13.2 Å². The number of nitrogens with zero attached hydrogens (tertiary/aromatic N) is 1. The molecular weight excluding hydrogens is 270 g/mol. The highest BCUT2D eigenvalue weighted by atomic mass is 32.2. The third-order valence-corrected chi connectivity index (χ3v) is 5.21. The molecule has 0 spiro atoms. The van der Waals surface area contributed by atoms with E-state index in [1.165, 1.54) is 22.5 Å². The Morgan fingerprint density at radius 2 is 2.05 bits per heavy atom. The Morgan fingerprint density at radius 3 is 2.58 bits per heavy atom. The molecule has 1 aliphatic rings. The topological polar surface area (TPSA) is 94.9 Å². The molecule has 1 aromatic rings. The summed E-state index contributed by atoms with van der Waals surface area (Å²) in [5, 5.41) is 17.8. The van der Waals surface area contributed by atoms with Crippen molar-refractivity contribution in [2.24, 2.45) is 5.92 Å². The highest BCUT2D eigenvalue weighted by Crippen LogP contribution is 2.27. The Kier molecular flexibility index (Phi) is 3.62. The van der Waals surface area contributed by atoms with Crippen LogP contribution in [0.5, 0.6) is 0 Å². The first-order valence-electron chi connectivity index (χ1n) is 5.81. The van der Waals surface area contributed by atoms with Crippen LogP contribution in [0.2, 0.25) is 0 Å². The fourth-order valence-electron chi connectivity index (χ4n) is 1.98. The van der Waals surface area contributed by atoms with Crippen LogP contribution in [-0.2, 0) is 10.0 Å². The second-order valence-corrected chi connectivity index (χ2v) is 6.56. The summed E-state index contributed by atoms with van der Waals surface area (Å²) in [5.41, 5.74) is 0.459. The van der Waals surface area contributed by atoms with Gasteiger partial charge < -0.3 is 10.2 Å². The number of sulfonamides is 1. The van der Waals surface area contributed by atoms with E-state index in [-0.39, 0.29) is 36.1 Å². The summed E-state index contributed by atoms with van der Waals surface area (Å²) >= 11 is 0. The smallest absolute Gasteiger partial charge is 0.335 e. The number of aliphatic hydroxyl groups is 1.